The number of aliphatic hydroxyl groups is 1. The van der Waals surface area contributed by atoms with Gasteiger partial charge in [0.05, 0.1) is 5.60 Å². The Hall–Kier alpha value is -1.48. The van der Waals surface area contributed by atoms with E-state index in [4.69, 9.17) is 9.47 Å². The molecule has 1 aromatic carbocycles. The summed E-state index contributed by atoms with van der Waals surface area (Å²) in [7, 11) is 0. The summed E-state index contributed by atoms with van der Waals surface area (Å²) in [5, 5.41) is 10.7. The molecule has 0 spiro atoms. The van der Waals surface area contributed by atoms with Gasteiger partial charge in [-0.25, -0.2) is 0 Å². The first-order valence-corrected chi connectivity index (χ1v) is 6.46. The third-order valence-corrected chi connectivity index (χ3v) is 4.05. The second-order valence-corrected chi connectivity index (χ2v) is 5.15. The molecule has 3 heteroatoms. The van der Waals surface area contributed by atoms with E-state index < -0.39 is 5.60 Å². The van der Waals surface area contributed by atoms with Crippen LogP contribution < -0.4 is 9.47 Å². The Morgan fingerprint density at radius 3 is 3.06 bits per heavy atom. The van der Waals surface area contributed by atoms with E-state index in [1.54, 1.807) is 0 Å². The molecule has 0 saturated heterocycles. The van der Waals surface area contributed by atoms with Gasteiger partial charge in [-0.2, -0.15) is 0 Å². The van der Waals surface area contributed by atoms with E-state index in [9.17, 15) is 5.11 Å². The van der Waals surface area contributed by atoms with Crippen LogP contribution >= 0.6 is 0 Å². The monoisotopic (exact) mass is 246 g/mol. The molecule has 0 amide bonds. The third-order valence-electron chi connectivity index (χ3n) is 4.05. The summed E-state index contributed by atoms with van der Waals surface area (Å²) in [6.45, 7) is 4.04. The lowest BCUT2D eigenvalue weighted by molar-refractivity contribution is 0.0330. The van der Waals surface area contributed by atoms with Gasteiger partial charge in [-0.05, 0) is 43.4 Å². The molecule has 3 nitrogen and oxygen atoms in total. The molecule has 1 aliphatic heterocycles. The SMILES string of the molecule is C=CC[C@@]1(O)CCC[C@@H]1c1ccc2c(c1)OCO2. The predicted molar refractivity (Wildman–Crippen MR) is 68.9 cm³/mol. The van der Waals surface area contributed by atoms with E-state index in [-0.39, 0.29) is 5.92 Å². The van der Waals surface area contributed by atoms with Crippen LogP contribution in [0.3, 0.4) is 0 Å². The Morgan fingerprint density at radius 2 is 2.22 bits per heavy atom. The summed E-state index contributed by atoms with van der Waals surface area (Å²) < 4.78 is 10.7. The summed E-state index contributed by atoms with van der Waals surface area (Å²) in [5.41, 5.74) is 0.497. The van der Waals surface area contributed by atoms with Crippen molar-refractivity contribution < 1.29 is 14.6 Å². The van der Waals surface area contributed by atoms with Crippen LogP contribution in [0.1, 0.15) is 37.2 Å². The lowest BCUT2D eigenvalue weighted by atomic mass is 9.82. The minimum Gasteiger partial charge on any atom is -0.454 e. The zero-order valence-corrected chi connectivity index (χ0v) is 10.4. The molecule has 2 aliphatic rings. The Kier molecular flexibility index (Phi) is 2.78. The molecular weight excluding hydrogens is 228 g/mol. The summed E-state index contributed by atoms with van der Waals surface area (Å²) in [4.78, 5) is 0. The van der Waals surface area contributed by atoms with Crippen molar-refractivity contribution >= 4 is 0 Å². The van der Waals surface area contributed by atoms with E-state index in [0.29, 0.717) is 13.2 Å². The molecule has 96 valence electrons. The second-order valence-electron chi connectivity index (χ2n) is 5.15. The summed E-state index contributed by atoms with van der Waals surface area (Å²) in [6, 6.07) is 5.98. The van der Waals surface area contributed by atoms with Crippen LogP contribution in [0.25, 0.3) is 0 Å². The highest BCUT2D eigenvalue weighted by molar-refractivity contribution is 5.46. The normalized spacial score (nSPS) is 29.5. The molecule has 3 rings (SSSR count). The van der Waals surface area contributed by atoms with Gasteiger partial charge in [0, 0.05) is 5.92 Å². The van der Waals surface area contributed by atoms with E-state index >= 15 is 0 Å². The molecule has 18 heavy (non-hydrogen) atoms. The third kappa shape index (κ3) is 1.79. The fraction of sp³-hybridized carbons (Fsp3) is 0.467. The van der Waals surface area contributed by atoms with Crippen LogP contribution in [0.15, 0.2) is 30.9 Å². The zero-order valence-electron chi connectivity index (χ0n) is 10.4. The molecule has 1 aromatic rings. The molecular formula is C15H18O3. The number of hydrogen-bond acceptors (Lipinski definition) is 3. The van der Waals surface area contributed by atoms with E-state index in [2.05, 4.69) is 6.58 Å². The van der Waals surface area contributed by atoms with Gasteiger partial charge in [-0.1, -0.05) is 12.1 Å². The van der Waals surface area contributed by atoms with Crippen molar-refractivity contribution in [2.24, 2.45) is 0 Å². The molecule has 1 saturated carbocycles. The molecule has 2 atom stereocenters. The maximum absolute atomic E-state index is 10.7. The lowest BCUT2D eigenvalue weighted by Crippen LogP contribution is -2.30. The molecule has 0 unspecified atom stereocenters. The van der Waals surface area contributed by atoms with Crippen molar-refractivity contribution in [1.82, 2.24) is 0 Å². The molecule has 0 aromatic heterocycles. The predicted octanol–water partition coefficient (Wildman–Crippen LogP) is 2.99. The summed E-state index contributed by atoms with van der Waals surface area (Å²) >= 11 is 0. The Balaban J connectivity index is 1.92. The number of benzene rings is 1. The lowest BCUT2D eigenvalue weighted by Gasteiger charge is -2.29. The number of ether oxygens (including phenoxy) is 2. The minimum absolute atomic E-state index is 0.171. The molecule has 1 N–H and O–H groups in total. The first kappa shape index (κ1) is 11.6. The standard InChI is InChI=1S/C15H18O3/c1-2-7-15(16)8-3-4-12(15)11-5-6-13-14(9-11)18-10-17-13/h2,5-6,9,12,16H,1,3-4,7-8,10H2/t12-,15-/m1/s1. The maximum Gasteiger partial charge on any atom is 0.231 e. The highest BCUT2D eigenvalue weighted by atomic mass is 16.7. The highest BCUT2D eigenvalue weighted by Gasteiger charge is 2.41. The van der Waals surface area contributed by atoms with Gasteiger partial charge >= 0.3 is 0 Å². The fourth-order valence-electron chi connectivity index (χ4n) is 3.16. The van der Waals surface area contributed by atoms with Gasteiger partial charge in [-0.15, -0.1) is 6.58 Å². The average Bonchev–Trinajstić information content (AvgIpc) is 2.94. The molecule has 0 radical (unpaired) electrons. The van der Waals surface area contributed by atoms with E-state index in [0.717, 1.165) is 36.3 Å². The summed E-state index contributed by atoms with van der Waals surface area (Å²) in [6.07, 6.45) is 5.38. The van der Waals surface area contributed by atoms with Crippen molar-refractivity contribution in [3.63, 3.8) is 0 Å². The van der Waals surface area contributed by atoms with Crippen LogP contribution in [0.2, 0.25) is 0 Å². The largest absolute Gasteiger partial charge is 0.454 e. The van der Waals surface area contributed by atoms with Crippen molar-refractivity contribution in [2.45, 2.75) is 37.2 Å². The Morgan fingerprint density at radius 1 is 1.39 bits per heavy atom. The Bertz CT molecular complexity index is 469. The van der Waals surface area contributed by atoms with Crippen molar-refractivity contribution in [1.29, 1.82) is 0 Å². The number of hydrogen-bond donors (Lipinski definition) is 1. The highest BCUT2D eigenvalue weighted by Crippen LogP contribution is 2.47. The van der Waals surface area contributed by atoms with Crippen LogP contribution in [-0.2, 0) is 0 Å². The zero-order chi connectivity index (χ0) is 12.6. The quantitative estimate of drug-likeness (QED) is 0.833. The van der Waals surface area contributed by atoms with Gasteiger partial charge in [-0.3, -0.25) is 0 Å². The van der Waals surface area contributed by atoms with Crippen LogP contribution in [0.4, 0.5) is 0 Å². The van der Waals surface area contributed by atoms with Gasteiger partial charge in [0.1, 0.15) is 0 Å². The number of rotatable bonds is 3. The first-order chi connectivity index (χ1) is 8.73. The van der Waals surface area contributed by atoms with Gasteiger partial charge in [0.25, 0.3) is 0 Å². The molecule has 1 heterocycles. The average molecular weight is 246 g/mol. The Labute approximate surface area is 107 Å². The first-order valence-electron chi connectivity index (χ1n) is 6.46. The van der Waals surface area contributed by atoms with Crippen molar-refractivity contribution in [2.75, 3.05) is 6.79 Å². The molecule has 1 fully saturated rings. The maximum atomic E-state index is 10.7. The summed E-state index contributed by atoms with van der Waals surface area (Å²) in [5.74, 6) is 1.76. The topological polar surface area (TPSA) is 38.7 Å². The van der Waals surface area contributed by atoms with Crippen LogP contribution in [0.5, 0.6) is 11.5 Å². The molecule has 0 bridgehead atoms. The van der Waals surface area contributed by atoms with Gasteiger partial charge in [0.15, 0.2) is 11.5 Å². The van der Waals surface area contributed by atoms with Crippen molar-refractivity contribution in [3.05, 3.63) is 36.4 Å². The van der Waals surface area contributed by atoms with Gasteiger partial charge in [0.2, 0.25) is 6.79 Å². The van der Waals surface area contributed by atoms with Crippen LogP contribution in [-0.4, -0.2) is 17.5 Å². The smallest absolute Gasteiger partial charge is 0.231 e. The van der Waals surface area contributed by atoms with E-state index in [1.807, 2.05) is 24.3 Å². The van der Waals surface area contributed by atoms with Gasteiger partial charge < -0.3 is 14.6 Å². The van der Waals surface area contributed by atoms with Crippen molar-refractivity contribution in [3.8, 4) is 11.5 Å². The minimum atomic E-state index is -0.643. The number of fused-ring (bicyclic) bond motifs is 1. The fourth-order valence-corrected chi connectivity index (χ4v) is 3.16. The second kappa shape index (κ2) is 4.32. The van der Waals surface area contributed by atoms with E-state index in [1.165, 1.54) is 0 Å². The molecule has 1 aliphatic carbocycles. The van der Waals surface area contributed by atoms with Crippen LogP contribution in [0, 0.1) is 0 Å².